The Balaban J connectivity index is 1.71. The van der Waals surface area contributed by atoms with Crippen molar-refractivity contribution in [2.45, 2.75) is 49.0 Å². The highest BCUT2D eigenvalue weighted by molar-refractivity contribution is 7.89. The second kappa shape index (κ2) is 8.32. The predicted octanol–water partition coefficient (Wildman–Crippen LogP) is 3.25. The molecule has 1 saturated heterocycles. The fourth-order valence-corrected chi connectivity index (χ4v) is 6.16. The number of aryl methyl sites for hydroxylation is 2. The van der Waals surface area contributed by atoms with Crippen molar-refractivity contribution in [3.63, 3.8) is 0 Å². The number of benzene rings is 2. The molecule has 1 aliphatic rings. The molecule has 0 radical (unpaired) electrons. The smallest absolute Gasteiger partial charge is 0.263 e. The number of rotatable bonds is 5. The molecular formula is C20H25NO5S2. The van der Waals surface area contributed by atoms with Gasteiger partial charge in [0.05, 0.1) is 15.9 Å². The van der Waals surface area contributed by atoms with Crippen molar-refractivity contribution in [1.82, 2.24) is 4.31 Å². The zero-order chi connectivity index (χ0) is 20.4. The molecule has 0 amide bonds. The fraction of sp³-hybridized carbons (Fsp3) is 0.400. The third-order valence-corrected chi connectivity index (χ3v) is 8.35. The Morgan fingerprint density at radius 1 is 0.893 bits per heavy atom. The Hall–Kier alpha value is -1.74. The molecule has 2 aromatic rings. The Kier molecular flexibility index (Phi) is 6.24. The van der Waals surface area contributed by atoms with Gasteiger partial charge in [-0.2, -0.15) is 12.7 Å². The first-order valence-corrected chi connectivity index (χ1v) is 12.1. The number of sulfonamides is 1. The fourth-order valence-electron chi connectivity index (χ4n) is 3.30. The SMILES string of the molecule is Cc1ccc(S(=O)(=O)N2CCCC(OS(=O)(=O)c3ccccc3C)CC2)cc1. The minimum atomic E-state index is -3.88. The van der Waals surface area contributed by atoms with Gasteiger partial charge in [-0.1, -0.05) is 35.9 Å². The summed E-state index contributed by atoms with van der Waals surface area (Å²) >= 11 is 0. The Labute approximate surface area is 167 Å². The second-order valence-corrected chi connectivity index (χ2v) is 10.6. The van der Waals surface area contributed by atoms with Crippen LogP contribution in [-0.4, -0.2) is 40.3 Å². The molecule has 152 valence electrons. The van der Waals surface area contributed by atoms with E-state index in [2.05, 4.69) is 0 Å². The predicted molar refractivity (Wildman–Crippen MR) is 107 cm³/mol. The van der Waals surface area contributed by atoms with E-state index in [1.54, 1.807) is 49.4 Å². The molecule has 0 aliphatic carbocycles. The van der Waals surface area contributed by atoms with Gasteiger partial charge in [-0.25, -0.2) is 8.42 Å². The lowest BCUT2D eigenvalue weighted by atomic mass is 10.2. The lowest BCUT2D eigenvalue weighted by molar-refractivity contribution is 0.193. The molecule has 1 aliphatic heterocycles. The number of hydrogen-bond donors (Lipinski definition) is 0. The van der Waals surface area contributed by atoms with Crippen molar-refractivity contribution in [2.24, 2.45) is 0 Å². The van der Waals surface area contributed by atoms with Crippen molar-refractivity contribution in [1.29, 1.82) is 0 Å². The van der Waals surface area contributed by atoms with E-state index in [1.165, 1.54) is 10.4 Å². The highest BCUT2D eigenvalue weighted by atomic mass is 32.2. The van der Waals surface area contributed by atoms with Gasteiger partial charge < -0.3 is 0 Å². The summed E-state index contributed by atoms with van der Waals surface area (Å²) in [6, 6.07) is 13.4. The summed E-state index contributed by atoms with van der Waals surface area (Å²) in [7, 11) is -7.48. The number of hydrogen-bond acceptors (Lipinski definition) is 5. The molecule has 0 saturated carbocycles. The van der Waals surface area contributed by atoms with Crippen LogP contribution in [-0.2, 0) is 24.3 Å². The van der Waals surface area contributed by atoms with E-state index < -0.39 is 26.2 Å². The van der Waals surface area contributed by atoms with E-state index >= 15 is 0 Å². The summed E-state index contributed by atoms with van der Waals surface area (Å²) in [5, 5.41) is 0. The summed E-state index contributed by atoms with van der Waals surface area (Å²) in [5.41, 5.74) is 1.62. The van der Waals surface area contributed by atoms with Crippen molar-refractivity contribution >= 4 is 20.1 Å². The summed E-state index contributed by atoms with van der Waals surface area (Å²) in [6.45, 7) is 4.20. The van der Waals surface area contributed by atoms with E-state index in [0.717, 1.165) is 5.56 Å². The first-order valence-electron chi connectivity index (χ1n) is 9.26. The van der Waals surface area contributed by atoms with E-state index in [0.29, 0.717) is 31.4 Å². The van der Waals surface area contributed by atoms with Crippen LogP contribution in [0.4, 0.5) is 0 Å². The Bertz CT molecular complexity index is 1030. The van der Waals surface area contributed by atoms with Crippen molar-refractivity contribution in [2.75, 3.05) is 13.1 Å². The highest BCUT2D eigenvalue weighted by Gasteiger charge is 2.30. The van der Waals surface area contributed by atoms with Crippen LogP contribution in [0.3, 0.4) is 0 Å². The topological polar surface area (TPSA) is 80.8 Å². The molecule has 1 fully saturated rings. The molecule has 28 heavy (non-hydrogen) atoms. The highest BCUT2D eigenvalue weighted by Crippen LogP contribution is 2.25. The standard InChI is InChI=1S/C20H25NO5S2/c1-16-9-11-19(12-10-16)27(22,23)21-14-5-7-18(13-15-21)26-28(24,25)20-8-4-3-6-17(20)2/h3-4,6,8-12,18H,5,7,13-15H2,1-2H3. The third kappa shape index (κ3) is 4.63. The first-order chi connectivity index (χ1) is 13.2. The monoisotopic (exact) mass is 423 g/mol. The van der Waals surface area contributed by atoms with Crippen LogP contribution in [0.5, 0.6) is 0 Å². The molecule has 2 aromatic carbocycles. The third-order valence-electron chi connectivity index (χ3n) is 4.92. The zero-order valence-electron chi connectivity index (χ0n) is 16.0. The van der Waals surface area contributed by atoms with Crippen LogP contribution in [0.15, 0.2) is 58.3 Å². The maximum Gasteiger partial charge on any atom is 0.297 e. The summed E-state index contributed by atoms with van der Waals surface area (Å²) in [4.78, 5) is 0.411. The quantitative estimate of drug-likeness (QED) is 0.690. The molecule has 8 heteroatoms. The van der Waals surface area contributed by atoms with Gasteiger partial charge in [0.25, 0.3) is 10.1 Å². The largest absolute Gasteiger partial charge is 0.297 e. The molecule has 0 spiro atoms. The summed E-state index contributed by atoms with van der Waals surface area (Å²) < 4.78 is 57.9. The summed E-state index contributed by atoms with van der Waals surface area (Å²) in [6.07, 6.45) is 0.822. The summed E-state index contributed by atoms with van der Waals surface area (Å²) in [5.74, 6) is 0. The van der Waals surface area contributed by atoms with Crippen LogP contribution in [0.1, 0.15) is 30.4 Å². The van der Waals surface area contributed by atoms with Gasteiger partial charge >= 0.3 is 0 Å². The molecule has 0 bridgehead atoms. The van der Waals surface area contributed by atoms with Crippen LogP contribution in [0.25, 0.3) is 0 Å². The van der Waals surface area contributed by atoms with Crippen LogP contribution >= 0.6 is 0 Å². The Morgan fingerprint density at radius 2 is 1.57 bits per heavy atom. The van der Waals surface area contributed by atoms with E-state index in [-0.39, 0.29) is 16.3 Å². The molecular weight excluding hydrogens is 398 g/mol. The molecule has 0 N–H and O–H groups in total. The molecule has 3 rings (SSSR count). The van der Waals surface area contributed by atoms with Gasteiger partial charge in [0.1, 0.15) is 0 Å². The van der Waals surface area contributed by atoms with Gasteiger partial charge in [0.15, 0.2) is 0 Å². The van der Waals surface area contributed by atoms with Gasteiger partial charge in [-0.3, -0.25) is 4.18 Å². The second-order valence-electron chi connectivity index (χ2n) is 7.09. The molecule has 0 aromatic heterocycles. The minimum absolute atomic E-state index is 0.156. The molecule has 1 heterocycles. The average Bonchev–Trinajstić information content (AvgIpc) is 2.88. The van der Waals surface area contributed by atoms with Crippen LogP contribution < -0.4 is 0 Å². The van der Waals surface area contributed by atoms with E-state index in [1.807, 2.05) is 6.92 Å². The van der Waals surface area contributed by atoms with Gasteiger partial charge in [0, 0.05) is 13.1 Å². The average molecular weight is 424 g/mol. The minimum Gasteiger partial charge on any atom is -0.263 e. The van der Waals surface area contributed by atoms with Gasteiger partial charge in [-0.05, 0) is 56.9 Å². The molecule has 6 nitrogen and oxygen atoms in total. The van der Waals surface area contributed by atoms with Crippen LogP contribution in [0, 0.1) is 13.8 Å². The number of nitrogens with zero attached hydrogens (tertiary/aromatic N) is 1. The first kappa shape index (κ1) is 21.0. The van der Waals surface area contributed by atoms with E-state index in [9.17, 15) is 16.8 Å². The van der Waals surface area contributed by atoms with Crippen LogP contribution in [0.2, 0.25) is 0 Å². The van der Waals surface area contributed by atoms with Crippen molar-refractivity contribution in [3.05, 3.63) is 59.7 Å². The normalized spacial score (nSPS) is 19.3. The lowest BCUT2D eigenvalue weighted by Gasteiger charge is -2.20. The molecule has 1 unspecified atom stereocenters. The van der Waals surface area contributed by atoms with Gasteiger partial charge in [-0.15, -0.1) is 0 Å². The maximum atomic E-state index is 12.9. The van der Waals surface area contributed by atoms with Gasteiger partial charge in [0.2, 0.25) is 10.0 Å². The van der Waals surface area contributed by atoms with Crippen molar-refractivity contribution in [3.8, 4) is 0 Å². The molecule has 1 atom stereocenters. The maximum absolute atomic E-state index is 12.9. The lowest BCUT2D eigenvalue weighted by Crippen LogP contribution is -2.32. The zero-order valence-corrected chi connectivity index (χ0v) is 17.7. The van der Waals surface area contributed by atoms with Crippen molar-refractivity contribution < 1.29 is 21.0 Å². The van der Waals surface area contributed by atoms with E-state index in [4.69, 9.17) is 4.18 Å². The Morgan fingerprint density at radius 3 is 2.25 bits per heavy atom.